The van der Waals surface area contributed by atoms with Crippen LogP contribution in [0, 0.1) is 6.92 Å². The summed E-state index contributed by atoms with van der Waals surface area (Å²) in [6.45, 7) is 4.75. The molecule has 0 aromatic carbocycles. The highest BCUT2D eigenvalue weighted by Crippen LogP contribution is 2.28. The van der Waals surface area contributed by atoms with E-state index in [9.17, 15) is 0 Å². The summed E-state index contributed by atoms with van der Waals surface area (Å²) in [4.78, 5) is 6.72. The molecular weight excluding hydrogens is 310 g/mol. The maximum atomic E-state index is 5.26. The Hall–Kier alpha value is -1.21. The predicted molar refractivity (Wildman–Crippen MR) is 72.6 cm³/mol. The second kappa shape index (κ2) is 5.05. The lowest BCUT2D eigenvalue weighted by Gasteiger charge is -2.15. The van der Waals surface area contributed by atoms with Crippen molar-refractivity contribution in [3.05, 3.63) is 28.1 Å². The Labute approximate surface area is 119 Å². The maximum absolute atomic E-state index is 5.26. The molecule has 0 spiro atoms. The average Bonchev–Trinajstić information content (AvgIpc) is 3.06. The van der Waals surface area contributed by atoms with E-state index in [2.05, 4.69) is 36.1 Å². The first kappa shape index (κ1) is 12.8. The van der Waals surface area contributed by atoms with Crippen LogP contribution in [0.2, 0.25) is 0 Å². The van der Waals surface area contributed by atoms with E-state index in [1.165, 1.54) is 5.69 Å². The Morgan fingerprint density at radius 1 is 1.53 bits per heavy atom. The van der Waals surface area contributed by atoms with Crippen molar-refractivity contribution >= 4 is 15.9 Å². The largest absolute Gasteiger partial charge is 0.339 e. The molecular formula is C12H16BrN5O. The molecule has 1 saturated heterocycles. The zero-order chi connectivity index (χ0) is 13.4. The highest BCUT2D eigenvalue weighted by Gasteiger charge is 2.28. The molecule has 0 bridgehead atoms. The monoisotopic (exact) mass is 325 g/mol. The van der Waals surface area contributed by atoms with Crippen molar-refractivity contribution < 1.29 is 4.52 Å². The Kier molecular flexibility index (Phi) is 3.40. The van der Waals surface area contributed by atoms with Crippen molar-refractivity contribution in [1.82, 2.24) is 24.8 Å². The lowest BCUT2D eigenvalue weighted by Crippen LogP contribution is -2.21. The van der Waals surface area contributed by atoms with Gasteiger partial charge in [0.05, 0.1) is 22.3 Å². The first-order chi connectivity index (χ1) is 9.13. The minimum Gasteiger partial charge on any atom is -0.339 e. The van der Waals surface area contributed by atoms with Crippen molar-refractivity contribution in [3.63, 3.8) is 0 Å². The zero-order valence-corrected chi connectivity index (χ0v) is 12.6. The van der Waals surface area contributed by atoms with Crippen LogP contribution in [0.4, 0.5) is 0 Å². The molecule has 19 heavy (non-hydrogen) atoms. The van der Waals surface area contributed by atoms with Gasteiger partial charge in [0.15, 0.2) is 5.82 Å². The van der Waals surface area contributed by atoms with Gasteiger partial charge in [0.2, 0.25) is 5.89 Å². The normalized spacial score (nSPS) is 20.3. The number of aryl methyl sites for hydroxylation is 2. The third kappa shape index (κ3) is 2.57. The van der Waals surface area contributed by atoms with Crippen LogP contribution in [0.5, 0.6) is 0 Å². The van der Waals surface area contributed by atoms with Gasteiger partial charge in [-0.25, -0.2) is 0 Å². The van der Waals surface area contributed by atoms with E-state index in [0.717, 1.165) is 36.4 Å². The summed E-state index contributed by atoms with van der Waals surface area (Å²) >= 11 is 3.54. The summed E-state index contributed by atoms with van der Waals surface area (Å²) in [6, 6.07) is 0. The van der Waals surface area contributed by atoms with Crippen molar-refractivity contribution in [2.75, 3.05) is 13.1 Å². The standard InChI is InChI=1S/C12H16BrN5O/c1-8-15-12(19-16-8)9-3-4-18(6-9)7-11-10(13)5-14-17(11)2/h5,9H,3-4,6-7H2,1-2H3. The topological polar surface area (TPSA) is 60.0 Å². The fourth-order valence-electron chi connectivity index (χ4n) is 2.48. The van der Waals surface area contributed by atoms with Gasteiger partial charge in [0, 0.05) is 20.1 Å². The van der Waals surface area contributed by atoms with E-state index in [0.29, 0.717) is 11.7 Å². The quantitative estimate of drug-likeness (QED) is 0.862. The fraction of sp³-hybridized carbons (Fsp3) is 0.583. The molecule has 3 heterocycles. The van der Waals surface area contributed by atoms with Gasteiger partial charge >= 0.3 is 0 Å². The van der Waals surface area contributed by atoms with E-state index in [-0.39, 0.29) is 0 Å². The number of halogens is 1. The molecule has 0 amide bonds. The van der Waals surface area contributed by atoms with Crippen LogP contribution < -0.4 is 0 Å². The lowest BCUT2D eigenvalue weighted by molar-refractivity contribution is 0.301. The highest BCUT2D eigenvalue weighted by atomic mass is 79.9. The molecule has 0 radical (unpaired) electrons. The van der Waals surface area contributed by atoms with Crippen LogP contribution in [0.15, 0.2) is 15.2 Å². The molecule has 0 N–H and O–H groups in total. The van der Waals surface area contributed by atoms with Gasteiger partial charge in [-0.05, 0) is 35.8 Å². The van der Waals surface area contributed by atoms with Gasteiger partial charge in [-0.15, -0.1) is 0 Å². The minimum absolute atomic E-state index is 0.355. The molecule has 3 rings (SSSR count). The molecule has 2 aromatic rings. The minimum atomic E-state index is 0.355. The smallest absolute Gasteiger partial charge is 0.231 e. The van der Waals surface area contributed by atoms with E-state index in [1.54, 1.807) is 0 Å². The first-order valence-electron chi connectivity index (χ1n) is 6.32. The summed E-state index contributed by atoms with van der Waals surface area (Å²) in [7, 11) is 1.97. The number of hydrogen-bond acceptors (Lipinski definition) is 5. The van der Waals surface area contributed by atoms with Crippen LogP contribution in [0.25, 0.3) is 0 Å². The Morgan fingerprint density at radius 2 is 2.37 bits per heavy atom. The number of aromatic nitrogens is 4. The van der Waals surface area contributed by atoms with E-state index in [1.807, 2.05) is 24.9 Å². The lowest BCUT2D eigenvalue weighted by atomic mass is 10.1. The maximum Gasteiger partial charge on any atom is 0.231 e. The van der Waals surface area contributed by atoms with Crippen LogP contribution in [0.3, 0.4) is 0 Å². The van der Waals surface area contributed by atoms with Crippen molar-refractivity contribution in [2.45, 2.75) is 25.8 Å². The zero-order valence-electron chi connectivity index (χ0n) is 11.0. The second-order valence-corrected chi connectivity index (χ2v) is 5.82. The van der Waals surface area contributed by atoms with Gasteiger partial charge in [-0.1, -0.05) is 5.16 Å². The van der Waals surface area contributed by atoms with E-state index >= 15 is 0 Å². The van der Waals surface area contributed by atoms with Gasteiger partial charge in [0.1, 0.15) is 0 Å². The number of nitrogens with zero attached hydrogens (tertiary/aromatic N) is 5. The SMILES string of the molecule is Cc1noc(C2CCN(Cc3c(Br)cnn3C)C2)n1. The van der Waals surface area contributed by atoms with Gasteiger partial charge in [-0.2, -0.15) is 10.1 Å². The molecule has 0 saturated carbocycles. The van der Waals surface area contributed by atoms with Crippen molar-refractivity contribution in [2.24, 2.45) is 7.05 Å². The van der Waals surface area contributed by atoms with E-state index in [4.69, 9.17) is 4.52 Å². The van der Waals surface area contributed by atoms with Gasteiger partial charge in [0.25, 0.3) is 0 Å². The molecule has 1 aliphatic heterocycles. The van der Waals surface area contributed by atoms with Gasteiger partial charge < -0.3 is 4.52 Å². The Bertz CT molecular complexity index is 559. The van der Waals surface area contributed by atoms with Crippen molar-refractivity contribution in [3.8, 4) is 0 Å². The third-order valence-electron chi connectivity index (χ3n) is 3.55. The molecule has 1 atom stereocenters. The van der Waals surface area contributed by atoms with E-state index < -0.39 is 0 Å². The second-order valence-electron chi connectivity index (χ2n) is 4.96. The van der Waals surface area contributed by atoms with Crippen LogP contribution >= 0.6 is 15.9 Å². The molecule has 1 aliphatic rings. The summed E-state index contributed by atoms with van der Waals surface area (Å²) < 4.78 is 8.24. The van der Waals surface area contributed by atoms with Crippen molar-refractivity contribution in [1.29, 1.82) is 0 Å². The summed E-state index contributed by atoms with van der Waals surface area (Å²) in [5, 5.41) is 8.10. The molecule has 7 heteroatoms. The summed E-state index contributed by atoms with van der Waals surface area (Å²) in [5.41, 5.74) is 1.20. The summed E-state index contributed by atoms with van der Waals surface area (Å²) in [5.74, 6) is 1.83. The number of likely N-dealkylation sites (tertiary alicyclic amines) is 1. The van der Waals surface area contributed by atoms with Crippen LogP contribution in [-0.2, 0) is 13.6 Å². The van der Waals surface area contributed by atoms with Gasteiger partial charge in [-0.3, -0.25) is 9.58 Å². The first-order valence-corrected chi connectivity index (χ1v) is 7.11. The third-order valence-corrected chi connectivity index (χ3v) is 4.21. The molecule has 6 nitrogen and oxygen atoms in total. The fourth-order valence-corrected chi connectivity index (χ4v) is 2.96. The predicted octanol–water partition coefficient (Wildman–Crippen LogP) is 1.86. The molecule has 0 aliphatic carbocycles. The highest BCUT2D eigenvalue weighted by molar-refractivity contribution is 9.10. The molecule has 2 aromatic heterocycles. The Balaban J connectivity index is 1.66. The molecule has 1 fully saturated rings. The van der Waals surface area contributed by atoms with Crippen LogP contribution in [0.1, 0.15) is 29.7 Å². The van der Waals surface area contributed by atoms with Crippen LogP contribution in [-0.4, -0.2) is 37.9 Å². The molecule has 102 valence electrons. The summed E-state index contributed by atoms with van der Waals surface area (Å²) in [6.07, 6.45) is 2.90. The Morgan fingerprint density at radius 3 is 3.00 bits per heavy atom. The average molecular weight is 326 g/mol. The number of hydrogen-bond donors (Lipinski definition) is 0. The number of rotatable bonds is 3. The molecule has 1 unspecified atom stereocenters.